The van der Waals surface area contributed by atoms with Crippen molar-refractivity contribution in [3.05, 3.63) is 0 Å². The van der Waals surface area contributed by atoms with Crippen molar-refractivity contribution in [1.29, 1.82) is 0 Å². The Balaban J connectivity index is 1.85. The average molecular weight is 164 g/mol. The van der Waals surface area contributed by atoms with Gasteiger partial charge in [0.1, 0.15) is 0 Å². The molecule has 2 aliphatic heterocycles. The minimum Gasteiger partial charge on any atom is -0.374 e. The maximum Gasteiger partial charge on any atom is 0.0669 e. The molecule has 3 aliphatic carbocycles. The van der Waals surface area contributed by atoms with Crippen molar-refractivity contribution in [3.8, 4) is 0 Å². The van der Waals surface area contributed by atoms with Crippen LogP contribution < -0.4 is 0 Å². The van der Waals surface area contributed by atoms with Crippen LogP contribution in [0.25, 0.3) is 0 Å². The third kappa shape index (κ3) is 0.344. The zero-order valence-electron chi connectivity index (χ0n) is 6.85. The Morgan fingerprint density at radius 2 is 1.25 bits per heavy atom. The van der Waals surface area contributed by atoms with Gasteiger partial charge in [0.15, 0.2) is 0 Å². The number of rotatable bonds is 0. The summed E-state index contributed by atoms with van der Waals surface area (Å²) in [5, 5.41) is 0. The molecule has 8 atom stereocenters. The van der Waals surface area contributed by atoms with Gasteiger partial charge < -0.3 is 9.47 Å². The molecular weight excluding hydrogens is 152 g/mol. The fraction of sp³-hybridized carbons (Fsp3) is 1.00. The number of hydrogen-bond acceptors (Lipinski definition) is 2. The first-order valence-corrected chi connectivity index (χ1v) is 5.24. The highest BCUT2D eigenvalue weighted by Crippen LogP contribution is 2.69. The monoisotopic (exact) mass is 164 g/mol. The van der Waals surface area contributed by atoms with Crippen molar-refractivity contribution in [1.82, 2.24) is 0 Å². The van der Waals surface area contributed by atoms with Crippen LogP contribution in [-0.2, 0) is 9.47 Å². The molecule has 2 heteroatoms. The summed E-state index contributed by atoms with van der Waals surface area (Å²) in [6, 6.07) is 0. The molecule has 5 fully saturated rings. The van der Waals surface area contributed by atoms with Gasteiger partial charge in [0, 0.05) is 11.8 Å². The van der Waals surface area contributed by atoms with E-state index in [1.54, 1.807) is 0 Å². The number of hydrogen-bond donors (Lipinski definition) is 0. The third-order valence-electron chi connectivity index (χ3n) is 5.12. The van der Waals surface area contributed by atoms with Gasteiger partial charge in [0.05, 0.1) is 24.4 Å². The highest BCUT2D eigenvalue weighted by atomic mass is 16.6. The molecule has 0 aromatic heterocycles. The van der Waals surface area contributed by atoms with Crippen LogP contribution in [0.15, 0.2) is 0 Å². The molecule has 0 aromatic rings. The van der Waals surface area contributed by atoms with Gasteiger partial charge in [-0.2, -0.15) is 0 Å². The van der Waals surface area contributed by atoms with Gasteiger partial charge in [-0.3, -0.25) is 0 Å². The summed E-state index contributed by atoms with van der Waals surface area (Å²) < 4.78 is 12.1. The van der Waals surface area contributed by atoms with E-state index in [-0.39, 0.29) is 0 Å². The standard InChI is InChI=1S/C10H12O2/c1-3-7-6-2-4-8(9(3)12-6)5(1)11-10(4)7/h3-10H,1-2H2. The van der Waals surface area contributed by atoms with Crippen molar-refractivity contribution in [2.75, 3.05) is 0 Å². The molecule has 0 radical (unpaired) electrons. The second-order valence-electron chi connectivity index (χ2n) is 5.23. The fourth-order valence-electron chi connectivity index (χ4n) is 4.98. The van der Waals surface area contributed by atoms with Crippen LogP contribution in [0.2, 0.25) is 0 Å². The summed E-state index contributed by atoms with van der Waals surface area (Å²) in [5.74, 6) is 3.44. The van der Waals surface area contributed by atoms with Gasteiger partial charge in [0.2, 0.25) is 0 Å². The van der Waals surface area contributed by atoms with Gasteiger partial charge in [-0.05, 0) is 24.7 Å². The molecule has 0 amide bonds. The lowest BCUT2D eigenvalue weighted by molar-refractivity contribution is -0.0591. The SMILES string of the molecule is C1C2OC3C4CC5OC(C1C53)C24. The predicted octanol–water partition coefficient (Wildman–Crippen LogP) is 0.807. The van der Waals surface area contributed by atoms with Crippen LogP contribution in [0.4, 0.5) is 0 Å². The maximum absolute atomic E-state index is 6.06. The van der Waals surface area contributed by atoms with E-state index in [9.17, 15) is 0 Å². The minimum absolute atomic E-state index is 0.604. The van der Waals surface area contributed by atoms with Crippen molar-refractivity contribution in [2.45, 2.75) is 37.3 Å². The molecule has 12 heavy (non-hydrogen) atoms. The van der Waals surface area contributed by atoms with Gasteiger partial charge in [0.25, 0.3) is 0 Å². The van der Waals surface area contributed by atoms with Gasteiger partial charge in [-0.25, -0.2) is 0 Å². The summed E-state index contributed by atoms with van der Waals surface area (Å²) >= 11 is 0. The van der Waals surface area contributed by atoms with Crippen LogP contribution in [0.3, 0.4) is 0 Å². The van der Waals surface area contributed by atoms with Crippen molar-refractivity contribution < 1.29 is 9.47 Å². The predicted molar refractivity (Wildman–Crippen MR) is 40.5 cm³/mol. The molecule has 0 aromatic carbocycles. The summed E-state index contributed by atoms with van der Waals surface area (Å²) in [6.45, 7) is 0. The van der Waals surface area contributed by atoms with E-state index >= 15 is 0 Å². The van der Waals surface area contributed by atoms with E-state index in [2.05, 4.69) is 0 Å². The summed E-state index contributed by atoms with van der Waals surface area (Å²) in [7, 11) is 0. The molecule has 5 rings (SSSR count). The molecular formula is C10H12O2. The molecule has 0 N–H and O–H groups in total. The topological polar surface area (TPSA) is 18.5 Å². The lowest BCUT2D eigenvalue weighted by Crippen LogP contribution is -2.37. The van der Waals surface area contributed by atoms with Crippen LogP contribution in [0.1, 0.15) is 12.8 Å². The van der Waals surface area contributed by atoms with Gasteiger partial charge in [-0.15, -0.1) is 0 Å². The molecule has 2 nitrogen and oxygen atoms in total. The molecule has 6 bridgehead atoms. The van der Waals surface area contributed by atoms with E-state index in [1.165, 1.54) is 12.8 Å². The Bertz CT molecular complexity index is 225. The third-order valence-corrected chi connectivity index (χ3v) is 5.12. The first kappa shape index (κ1) is 5.61. The van der Waals surface area contributed by atoms with Gasteiger partial charge in [-0.1, -0.05) is 0 Å². The highest BCUT2D eigenvalue weighted by Gasteiger charge is 2.74. The maximum atomic E-state index is 6.06. The van der Waals surface area contributed by atoms with E-state index in [0.29, 0.717) is 24.4 Å². The van der Waals surface area contributed by atoms with Gasteiger partial charge >= 0.3 is 0 Å². The van der Waals surface area contributed by atoms with Crippen molar-refractivity contribution in [3.63, 3.8) is 0 Å². The second-order valence-corrected chi connectivity index (χ2v) is 5.23. The Hall–Kier alpha value is -0.0800. The summed E-state index contributed by atoms with van der Waals surface area (Å²) in [4.78, 5) is 0. The molecule has 0 spiro atoms. The largest absolute Gasteiger partial charge is 0.374 e. The Morgan fingerprint density at radius 3 is 1.75 bits per heavy atom. The molecule has 8 unspecified atom stereocenters. The van der Waals surface area contributed by atoms with Crippen molar-refractivity contribution in [2.24, 2.45) is 23.7 Å². The zero-order valence-corrected chi connectivity index (χ0v) is 6.85. The molecule has 64 valence electrons. The lowest BCUT2D eigenvalue weighted by Gasteiger charge is -2.31. The smallest absolute Gasteiger partial charge is 0.0669 e. The average Bonchev–Trinajstić information content (AvgIpc) is 2.65. The minimum atomic E-state index is 0.604. The first-order valence-electron chi connectivity index (χ1n) is 5.24. The fourth-order valence-corrected chi connectivity index (χ4v) is 4.98. The molecule has 3 saturated carbocycles. The second kappa shape index (κ2) is 1.38. The Kier molecular flexibility index (Phi) is 0.644. The van der Waals surface area contributed by atoms with Crippen LogP contribution in [0, 0.1) is 23.7 Å². The quantitative estimate of drug-likeness (QED) is 0.527. The number of ether oxygens (including phenoxy) is 2. The molecule has 2 saturated heterocycles. The van der Waals surface area contributed by atoms with E-state index < -0.39 is 0 Å². The molecule has 5 aliphatic rings. The highest BCUT2D eigenvalue weighted by molar-refractivity contribution is 5.21. The van der Waals surface area contributed by atoms with Crippen molar-refractivity contribution >= 4 is 0 Å². The van der Waals surface area contributed by atoms with Crippen LogP contribution in [0.5, 0.6) is 0 Å². The first-order chi connectivity index (χ1) is 5.93. The van der Waals surface area contributed by atoms with E-state index in [4.69, 9.17) is 9.47 Å². The Morgan fingerprint density at radius 1 is 0.750 bits per heavy atom. The summed E-state index contributed by atoms with van der Waals surface area (Å²) in [5.41, 5.74) is 0. The van der Waals surface area contributed by atoms with E-state index in [1.807, 2.05) is 0 Å². The molecule has 2 heterocycles. The van der Waals surface area contributed by atoms with Crippen LogP contribution >= 0.6 is 0 Å². The Labute approximate surface area is 71.2 Å². The lowest BCUT2D eigenvalue weighted by atomic mass is 9.78. The summed E-state index contributed by atoms with van der Waals surface area (Å²) in [6.07, 6.45) is 5.11. The zero-order chi connectivity index (χ0) is 7.45. The normalized spacial score (nSPS) is 80.0. The van der Waals surface area contributed by atoms with E-state index in [0.717, 1.165) is 23.7 Å². The van der Waals surface area contributed by atoms with Crippen LogP contribution in [-0.4, -0.2) is 24.4 Å².